The first-order chi connectivity index (χ1) is 6.38. The number of rotatable bonds is 1. The van der Waals surface area contributed by atoms with Crippen LogP contribution in [0.4, 0.5) is 0 Å². The Morgan fingerprint density at radius 1 is 0.923 bits per heavy atom. The fourth-order valence-electron chi connectivity index (χ4n) is 1.82. The fraction of sp³-hybridized carbons (Fsp3) is 0.333. The maximum Gasteiger partial charge on any atom is 0.159 e. The highest BCUT2D eigenvalue weighted by Crippen LogP contribution is 2.30. The molecule has 1 radical (unpaired) electrons. The van der Waals surface area contributed by atoms with Gasteiger partial charge in [-0.15, -0.1) is 0 Å². The molecule has 0 saturated carbocycles. The predicted molar refractivity (Wildman–Crippen MR) is 52.5 cm³/mol. The summed E-state index contributed by atoms with van der Waals surface area (Å²) in [4.78, 5) is 0. The molecule has 0 N–H and O–H groups in total. The molecule has 0 amide bonds. The van der Waals surface area contributed by atoms with Gasteiger partial charge < -0.3 is 0 Å². The quantitative estimate of drug-likeness (QED) is 0.620. The van der Waals surface area contributed by atoms with Gasteiger partial charge in [0.2, 0.25) is 0 Å². The van der Waals surface area contributed by atoms with E-state index in [0.29, 0.717) is 5.76 Å². The zero-order valence-corrected chi connectivity index (χ0v) is 7.62. The van der Waals surface area contributed by atoms with Gasteiger partial charge in [0.05, 0.1) is 0 Å². The average Bonchev–Trinajstić information content (AvgIpc) is 2.20. The molecule has 1 aromatic rings. The van der Waals surface area contributed by atoms with Crippen LogP contribution >= 0.6 is 0 Å². The zero-order valence-electron chi connectivity index (χ0n) is 7.62. The fourth-order valence-corrected chi connectivity index (χ4v) is 1.82. The van der Waals surface area contributed by atoms with Crippen LogP contribution in [0.2, 0.25) is 0 Å². The van der Waals surface area contributed by atoms with Crippen LogP contribution in [0.3, 0.4) is 0 Å². The molecule has 0 saturated heterocycles. The third-order valence-corrected chi connectivity index (χ3v) is 2.54. The summed E-state index contributed by atoms with van der Waals surface area (Å²) in [7, 11) is 0. The van der Waals surface area contributed by atoms with Gasteiger partial charge >= 0.3 is 0 Å². The molecule has 0 unspecified atom stereocenters. The van der Waals surface area contributed by atoms with Crippen LogP contribution in [-0.2, 0) is 5.11 Å². The predicted octanol–water partition coefficient (Wildman–Crippen LogP) is 3.40. The molecule has 0 bridgehead atoms. The van der Waals surface area contributed by atoms with Crippen LogP contribution in [-0.4, -0.2) is 0 Å². The molecule has 0 aromatic heterocycles. The van der Waals surface area contributed by atoms with Gasteiger partial charge in [0.15, 0.2) is 5.76 Å². The maximum atomic E-state index is 11.6. The van der Waals surface area contributed by atoms with E-state index in [1.165, 1.54) is 0 Å². The molecule has 0 atom stereocenters. The second-order valence-corrected chi connectivity index (χ2v) is 3.47. The molecule has 13 heavy (non-hydrogen) atoms. The summed E-state index contributed by atoms with van der Waals surface area (Å²) < 4.78 is 0. The number of hydrogen-bond acceptors (Lipinski definition) is 0. The van der Waals surface area contributed by atoms with Gasteiger partial charge in [-0.1, -0.05) is 30.3 Å². The van der Waals surface area contributed by atoms with E-state index in [2.05, 4.69) is 0 Å². The van der Waals surface area contributed by atoms with E-state index >= 15 is 0 Å². The second kappa shape index (κ2) is 3.65. The minimum Gasteiger partial charge on any atom is -0.295 e. The van der Waals surface area contributed by atoms with E-state index < -0.39 is 0 Å². The molecule has 67 valence electrons. The van der Waals surface area contributed by atoms with Crippen LogP contribution in [0, 0.1) is 0 Å². The Kier molecular flexibility index (Phi) is 2.35. The van der Waals surface area contributed by atoms with Gasteiger partial charge in [0, 0.05) is 12.0 Å². The molecule has 1 aromatic carbocycles. The average molecular weight is 173 g/mol. The van der Waals surface area contributed by atoms with Gasteiger partial charge in [0.25, 0.3) is 0 Å². The number of allylic oxidation sites excluding steroid dienone is 2. The SMILES string of the molecule is [O]C1=C(c2ccccc2)CCCC1. The van der Waals surface area contributed by atoms with Crippen molar-refractivity contribution in [2.24, 2.45) is 0 Å². The largest absolute Gasteiger partial charge is 0.295 e. The highest BCUT2D eigenvalue weighted by molar-refractivity contribution is 5.67. The molecule has 0 aliphatic heterocycles. The highest BCUT2D eigenvalue weighted by atomic mass is 16.3. The number of hydrogen-bond donors (Lipinski definition) is 0. The van der Waals surface area contributed by atoms with Gasteiger partial charge in [-0.2, -0.15) is 0 Å². The minimum absolute atomic E-state index is 0.345. The lowest BCUT2D eigenvalue weighted by Gasteiger charge is -2.13. The lowest BCUT2D eigenvalue weighted by Crippen LogP contribution is -1.97. The van der Waals surface area contributed by atoms with E-state index in [1.807, 2.05) is 30.3 Å². The van der Waals surface area contributed by atoms with Crippen molar-refractivity contribution in [3.8, 4) is 0 Å². The summed E-state index contributed by atoms with van der Waals surface area (Å²) in [5.41, 5.74) is 2.15. The maximum absolute atomic E-state index is 11.6. The van der Waals surface area contributed by atoms with Gasteiger partial charge in [-0.05, 0) is 24.8 Å². The van der Waals surface area contributed by atoms with Crippen molar-refractivity contribution < 1.29 is 5.11 Å². The van der Waals surface area contributed by atoms with Crippen LogP contribution in [0.25, 0.3) is 5.57 Å². The first-order valence-electron chi connectivity index (χ1n) is 4.82. The van der Waals surface area contributed by atoms with Gasteiger partial charge in [0.1, 0.15) is 0 Å². The zero-order chi connectivity index (χ0) is 9.10. The van der Waals surface area contributed by atoms with Crippen LogP contribution < -0.4 is 0 Å². The first-order valence-corrected chi connectivity index (χ1v) is 4.82. The smallest absolute Gasteiger partial charge is 0.159 e. The van der Waals surface area contributed by atoms with Crippen molar-refractivity contribution in [3.05, 3.63) is 41.7 Å². The molecule has 1 nitrogen and oxygen atoms in total. The monoisotopic (exact) mass is 173 g/mol. The lowest BCUT2D eigenvalue weighted by molar-refractivity contribution is 0.273. The van der Waals surface area contributed by atoms with E-state index in [9.17, 15) is 5.11 Å². The summed E-state index contributed by atoms with van der Waals surface area (Å²) in [5, 5.41) is 11.6. The topological polar surface area (TPSA) is 19.9 Å². The minimum atomic E-state index is 0.345. The molecule has 0 spiro atoms. The molecule has 0 heterocycles. The summed E-state index contributed by atoms with van der Waals surface area (Å²) in [6.45, 7) is 0. The van der Waals surface area contributed by atoms with Crippen molar-refractivity contribution in [1.29, 1.82) is 0 Å². The molecule has 2 rings (SSSR count). The summed E-state index contributed by atoms with van der Waals surface area (Å²) >= 11 is 0. The molecule has 1 heteroatoms. The van der Waals surface area contributed by atoms with E-state index in [0.717, 1.165) is 36.8 Å². The highest BCUT2D eigenvalue weighted by Gasteiger charge is 2.14. The van der Waals surface area contributed by atoms with E-state index in [-0.39, 0.29) is 0 Å². The molecule has 0 fully saturated rings. The Balaban J connectivity index is 2.35. The van der Waals surface area contributed by atoms with Crippen LogP contribution in [0.1, 0.15) is 31.2 Å². The second-order valence-electron chi connectivity index (χ2n) is 3.47. The molecular formula is C12H13O. The molecule has 1 aliphatic carbocycles. The van der Waals surface area contributed by atoms with Crippen LogP contribution in [0.15, 0.2) is 36.1 Å². The Labute approximate surface area is 78.7 Å². The third kappa shape index (κ3) is 1.74. The van der Waals surface area contributed by atoms with Crippen molar-refractivity contribution >= 4 is 5.57 Å². The molecular weight excluding hydrogens is 160 g/mol. The van der Waals surface area contributed by atoms with Crippen molar-refractivity contribution in [3.63, 3.8) is 0 Å². The lowest BCUT2D eigenvalue weighted by atomic mass is 9.92. The Morgan fingerprint density at radius 2 is 1.62 bits per heavy atom. The Hall–Kier alpha value is -1.24. The van der Waals surface area contributed by atoms with Crippen LogP contribution in [0.5, 0.6) is 0 Å². The summed E-state index contributed by atoms with van der Waals surface area (Å²) in [6.07, 6.45) is 3.93. The summed E-state index contributed by atoms with van der Waals surface area (Å²) in [6, 6.07) is 10.0. The standard InChI is InChI=1S/C12H13O/c13-12-9-5-4-8-11(12)10-6-2-1-3-7-10/h1-3,6-7H,4-5,8-9H2. The van der Waals surface area contributed by atoms with Gasteiger partial charge in [-0.25, -0.2) is 0 Å². The van der Waals surface area contributed by atoms with Crippen molar-refractivity contribution in [2.45, 2.75) is 25.7 Å². The van der Waals surface area contributed by atoms with E-state index in [1.54, 1.807) is 0 Å². The summed E-state index contributed by atoms with van der Waals surface area (Å²) in [5.74, 6) is 0.345. The van der Waals surface area contributed by atoms with Crippen molar-refractivity contribution in [1.82, 2.24) is 0 Å². The Bertz CT molecular complexity index is 311. The first kappa shape index (κ1) is 8.36. The van der Waals surface area contributed by atoms with Crippen molar-refractivity contribution in [2.75, 3.05) is 0 Å². The third-order valence-electron chi connectivity index (χ3n) is 2.54. The van der Waals surface area contributed by atoms with E-state index in [4.69, 9.17) is 0 Å². The normalized spacial score (nSPS) is 17.5. The Morgan fingerprint density at radius 3 is 2.31 bits per heavy atom. The number of benzene rings is 1. The molecule has 1 aliphatic rings. The van der Waals surface area contributed by atoms with Gasteiger partial charge in [-0.3, -0.25) is 5.11 Å².